The minimum absolute atomic E-state index is 0.446. The molecule has 3 heteroatoms. The van der Waals surface area contributed by atoms with Crippen molar-refractivity contribution >= 4 is 23.2 Å². The molecule has 78 valence electrons. The van der Waals surface area contributed by atoms with Crippen LogP contribution in [0.4, 0.5) is 0 Å². The van der Waals surface area contributed by atoms with Gasteiger partial charge in [0.05, 0.1) is 0 Å². The van der Waals surface area contributed by atoms with E-state index in [0.717, 1.165) is 6.54 Å². The van der Waals surface area contributed by atoms with Gasteiger partial charge in [-0.25, -0.2) is 0 Å². The van der Waals surface area contributed by atoms with Gasteiger partial charge in [0.15, 0.2) is 0 Å². The Kier molecular flexibility index (Phi) is 4.24. The molecule has 1 unspecified atom stereocenters. The third kappa shape index (κ3) is 3.49. The van der Waals surface area contributed by atoms with E-state index in [-0.39, 0.29) is 0 Å². The molecule has 1 aromatic rings. The van der Waals surface area contributed by atoms with Gasteiger partial charge in [-0.15, -0.1) is 0 Å². The highest BCUT2D eigenvalue weighted by atomic mass is 35.5. The molecule has 14 heavy (non-hydrogen) atoms. The monoisotopic (exact) mass is 231 g/mol. The summed E-state index contributed by atoms with van der Waals surface area (Å²) in [5, 5.41) is 1.41. The molecule has 0 saturated heterocycles. The number of likely N-dealkylation sites (N-methyl/N-ethyl adjacent to an activating group) is 1. The first-order valence-corrected chi connectivity index (χ1v) is 5.35. The summed E-state index contributed by atoms with van der Waals surface area (Å²) in [5.41, 5.74) is 1.19. The molecule has 0 aliphatic carbocycles. The van der Waals surface area contributed by atoms with E-state index in [0.29, 0.717) is 16.0 Å². The highest BCUT2D eigenvalue weighted by Gasteiger charge is 2.08. The van der Waals surface area contributed by atoms with Gasteiger partial charge in [-0.3, -0.25) is 0 Å². The normalized spacial score (nSPS) is 13.3. The molecule has 0 saturated carbocycles. The SMILES string of the molecule is CC(CN(C)C)c1cc(Cl)cc(Cl)c1. The lowest BCUT2D eigenvalue weighted by Crippen LogP contribution is -2.18. The standard InChI is InChI=1S/C11H15Cl2N/c1-8(7-14(2)3)9-4-10(12)6-11(13)5-9/h4-6,8H,7H2,1-3H3. The predicted octanol–water partition coefficient (Wildman–Crippen LogP) is 3.66. The molecule has 1 aromatic carbocycles. The minimum atomic E-state index is 0.446. The molecule has 0 aromatic heterocycles. The second-order valence-electron chi connectivity index (χ2n) is 3.87. The first-order chi connectivity index (χ1) is 6.49. The lowest BCUT2D eigenvalue weighted by Gasteiger charge is -2.17. The van der Waals surface area contributed by atoms with E-state index in [4.69, 9.17) is 23.2 Å². The summed E-state index contributed by atoms with van der Waals surface area (Å²) in [4.78, 5) is 2.15. The number of halogens is 2. The zero-order chi connectivity index (χ0) is 10.7. The van der Waals surface area contributed by atoms with E-state index in [1.54, 1.807) is 6.07 Å². The molecule has 1 atom stereocenters. The summed E-state index contributed by atoms with van der Waals surface area (Å²) in [7, 11) is 4.12. The maximum Gasteiger partial charge on any atom is 0.0423 e. The van der Waals surface area contributed by atoms with Crippen molar-refractivity contribution in [1.82, 2.24) is 4.90 Å². The molecule has 0 aliphatic heterocycles. The average molecular weight is 232 g/mol. The zero-order valence-electron chi connectivity index (χ0n) is 8.72. The molecule has 0 spiro atoms. The molecule has 0 fully saturated rings. The van der Waals surface area contributed by atoms with Gasteiger partial charge in [-0.2, -0.15) is 0 Å². The van der Waals surface area contributed by atoms with Crippen LogP contribution >= 0.6 is 23.2 Å². The summed E-state index contributed by atoms with van der Waals surface area (Å²) in [5.74, 6) is 0.446. The van der Waals surface area contributed by atoms with Crippen LogP contribution in [0, 0.1) is 0 Å². The van der Waals surface area contributed by atoms with Crippen LogP contribution in [0.2, 0.25) is 10.0 Å². The van der Waals surface area contributed by atoms with Gasteiger partial charge in [0.25, 0.3) is 0 Å². The quantitative estimate of drug-likeness (QED) is 0.768. The van der Waals surface area contributed by atoms with Crippen LogP contribution in [0.25, 0.3) is 0 Å². The van der Waals surface area contributed by atoms with Crippen LogP contribution in [0.5, 0.6) is 0 Å². The van der Waals surface area contributed by atoms with Crippen LogP contribution in [0.3, 0.4) is 0 Å². The van der Waals surface area contributed by atoms with Crippen molar-refractivity contribution in [1.29, 1.82) is 0 Å². The fraction of sp³-hybridized carbons (Fsp3) is 0.455. The van der Waals surface area contributed by atoms with E-state index in [1.165, 1.54) is 5.56 Å². The predicted molar refractivity (Wildman–Crippen MR) is 63.4 cm³/mol. The second kappa shape index (κ2) is 5.01. The van der Waals surface area contributed by atoms with Crippen molar-refractivity contribution in [2.45, 2.75) is 12.8 Å². The Morgan fingerprint density at radius 1 is 1.14 bits per heavy atom. The Morgan fingerprint density at radius 3 is 2.07 bits per heavy atom. The van der Waals surface area contributed by atoms with E-state index in [9.17, 15) is 0 Å². The van der Waals surface area contributed by atoms with E-state index in [2.05, 4.69) is 25.9 Å². The van der Waals surface area contributed by atoms with Gasteiger partial charge in [0.1, 0.15) is 0 Å². The molecule has 0 aliphatic rings. The van der Waals surface area contributed by atoms with Crippen molar-refractivity contribution in [2.24, 2.45) is 0 Å². The Bertz CT molecular complexity index is 290. The number of rotatable bonds is 3. The lowest BCUT2D eigenvalue weighted by atomic mass is 10.0. The van der Waals surface area contributed by atoms with Crippen molar-refractivity contribution in [3.8, 4) is 0 Å². The van der Waals surface area contributed by atoms with Gasteiger partial charge in [-0.1, -0.05) is 30.1 Å². The molecule has 0 radical (unpaired) electrons. The van der Waals surface area contributed by atoms with Gasteiger partial charge in [0, 0.05) is 16.6 Å². The van der Waals surface area contributed by atoms with Crippen LogP contribution in [-0.2, 0) is 0 Å². The molecule has 0 N–H and O–H groups in total. The van der Waals surface area contributed by atoms with Crippen LogP contribution in [-0.4, -0.2) is 25.5 Å². The van der Waals surface area contributed by atoms with Crippen LogP contribution < -0.4 is 0 Å². The minimum Gasteiger partial charge on any atom is -0.309 e. The van der Waals surface area contributed by atoms with Crippen LogP contribution in [0.1, 0.15) is 18.4 Å². The topological polar surface area (TPSA) is 3.24 Å². The largest absolute Gasteiger partial charge is 0.309 e. The fourth-order valence-corrected chi connectivity index (χ4v) is 2.06. The summed E-state index contributed by atoms with van der Waals surface area (Å²) >= 11 is 11.9. The maximum absolute atomic E-state index is 5.93. The molecular formula is C11H15Cl2N. The summed E-state index contributed by atoms with van der Waals surface area (Å²) < 4.78 is 0. The molecule has 1 nitrogen and oxygen atoms in total. The Labute approximate surface area is 95.6 Å². The average Bonchev–Trinajstić information content (AvgIpc) is 2.00. The number of hydrogen-bond donors (Lipinski definition) is 0. The van der Waals surface area contributed by atoms with Crippen molar-refractivity contribution in [3.05, 3.63) is 33.8 Å². The highest BCUT2D eigenvalue weighted by Crippen LogP contribution is 2.24. The van der Waals surface area contributed by atoms with Crippen molar-refractivity contribution in [3.63, 3.8) is 0 Å². The zero-order valence-corrected chi connectivity index (χ0v) is 10.2. The molecule has 0 bridgehead atoms. The van der Waals surface area contributed by atoms with Gasteiger partial charge in [-0.05, 0) is 43.8 Å². The Morgan fingerprint density at radius 2 is 1.64 bits per heavy atom. The first kappa shape index (κ1) is 11.8. The summed E-state index contributed by atoms with van der Waals surface area (Å²) in [6.45, 7) is 3.17. The summed E-state index contributed by atoms with van der Waals surface area (Å²) in [6, 6.07) is 5.71. The van der Waals surface area contributed by atoms with E-state index >= 15 is 0 Å². The Hall–Kier alpha value is -0.240. The summed E-state index contributed by atoms with van der Waals surface area (Å²) in [6.07, 6.45) is 0. The smallest absolute Gasteiger partial charge is 0.0423 e. The van der Waals surface area contributed by atoms with E-state index < -0.39 is 0 Å². The number of nitrogens with zero attached hydrogens (tertiary/aromatic N) is 1. The molecule has 0 heterocycles. The molecule has 0 amide bonds. The lowest BCUT2D eigenvalue weighted by molar-refractivity contribution is 0.383. The van der Waals surface area contributed by atoms with Crippen molar-refractivity contribution < 1.29 is 0 Å². The van der Waals surface area contributed by atoms with Crippen molar-refractivity contribution in [2.75, 3.05) is 20.6 Å². The third-order valence-corrected chi connectivity index (χ3v) is 2.53. The highest BCUT2D eigenvalue weighted by molar-refractivity contribution is 6.34. The molecule has 1 rings (SSSR count). The maximum atomic E-state index is 5.93. The van der Waals surface area contributed by atoms with Crippen LogP contribution in [0.15, 0.2) is 18.2 Å². The Balaban J connectivity index is 2.84. The van der Waals surface area contributed by atoms with Gasteiger partial charge < -0.3 is 4.90 Å². The van der Waals surface area contributed by atoms with E-state index in [1.807, 2.05) is 12.1 Å². The van der Waals surface area contributed by atoms with Gasteiger partial charge >= 0.3 is 0 Å². The second-order valence-corrected chi connectivity index (χ2v) is 4.74. The molecular weight excluding hydrogens is 217 g/mol. The first-order valence-electron chi connectivity index (χ1n) is 4.59. The van der Waals surface area contributed by atoms with Gasteiger partial charge in [0.2, 0.25) is 0 Å². The third-order valence-electron chi connectivity index (χ3n) is 2.09. The number of hydrogen-bond acceptors (Lipinski definition) is 1. The fourth-order valence-electron chi connectivity index (χ4n) is 1.51. The number of benzene rings is 1.